The van der Waals surface area contributed by atoms with E-state index in [4.69, 9.17) is 4.74 Å². The van der Waals surface area contributed by atoms with E-state index in [1.807, 2.05) is 0 Å². The van der Waals surface area contributed by atoms with Crippen molar-refractivity contribution in [3.63, 3.8) is 0 Å². The summed E-state index contributed by atoms with van der Waals surface area (Å²) in [5.41, 5.74) is 1.03. The van der Waals surface area contributed by atoms with Gasteiger partial charge >= 0.3 is 0 Å². The van der Waals surface area contributed by atoms with Crippen LogP contribution in [0.3, 0.4) is 0 Å². The number of rotatable bonds is 3. The molecule has 0 radical (unpaired) electrons. The van der Waals surface area contributed by atoms with Gasteiger partial charge in [-0.3, -0.25) is 0 Å². The van der Waals surface area contributed by atoms with Crippen molar-refractivity contribution < 1.29 is 4.74 Å². The molecule has 104 valence electrons. The lowest BCUT2D eigenvalue weighted by Crippen LogP contribution is -2.49. The first-order valence-corrected chi connectivity index (χ1v) is 7.79. The Kier molecular flexibility index (Phi) is 3.02. The van der Waals surface area contributed by atoms with Gasteiger partial charge in [-0.05, 0) is 55.3 Å². The summed E-state index contributed by atoms with van der Waals surface area (Å²) >= 11 is 0. The predicted molar refractivity (Wildman–Crippen MR) is 74.5 cm³/mol. The van der Waals surface area contributed by atoms with Crippen molar-refractivity contribution in [2.45, 2.75) is 65.5 Å². The molecule has 3 fully saturated rings. The Morgan fingerprint density at radius 2 is 2.00 bits per heavy atom. The van der Waals surface area contributed by atoms with Gasteiger partial charge in [0.2, 0.25) is 0 Å². The summed E-state index contributed by atoms with van der Waals surface area (Å²) < 4.78 is 5.53. The van der Waals surface area contributed by atoms with Gasteiger partial charge < -0.3 is 10.1 Å². The molecule has 18 heavy (non-hydrogen) atoms. The van der Waals surface area contributed by atoms with Gasteiger partial charge in [0.1, 0.15) is 0 Å². The highest BCUT2D eigenvalue weighted by Crippen LogP contribution is 2.65. The smallest absolute Gasteiger partial charge is 0.0509 e. The summed E-state index contributed by atoms with van der Waals surface area (Å²) in [4.78, 5) is 0. The second-order valence-electron chi connectivity index (χ2n) is 7.74. The molecule has 5 unspecified atom stereocenters. The number of ether oxygens (including phenoxy) is 1. The highest BCUT2D eigenvalue weighted by Gasteiger charge is 2.61. The zero-order chi connectivity index (χ0) is 13.0. The number of hydrogen-bond acceptors (Lipinski definition) is 2. The molecule has 1 heterocycles. The largest absolute Gasteiger partial charge is 0.381 e. The summed E-state index contributed by atoms with van der Waals surface area (Å²) in [7, 11) is 0. The number of fused-ring (bicyclic) bond motifs is 2. The molecule has 5 atom stereocenters. The Hall–Kier alpha value is -0.0800. The van der Waals surface area contributed by atoms with Crippen molar-refractivity contribution in [1.29, 1.82) is 0 Å². The average Bonchev–Trinajstić information content (AvgIpc) is 2.95. The van der Waals surface area contributed by atoms with E-state index in [9.17, 15) is 0 Å². The minimum Gasteiger partial charge on any atom is -0.381 e. The number of nitrogens with one attached hydrogen (secondary N) is 1. The van der Waals surface area contributed by atoms with E-state index in [0.717, 1.165) is 31.1 Å². The maximum absolute atomic E-state index is 5.53. The molecule has 0 amide bonds. The Balaban J connectivity index is 1.68. The van der Waals surface area contributed by atoms with E-state index in [2.05, 4.69) is 33.0 Å². The minimum absolute atomic E-state index is 0.505. The first-order valence-electron chi connectivity index (χ1n) is 7.79. The summed E-state index contributed by atoms with van der Waals surface area (Å²) in [6.45, 7) is 11.8. The summed E-state index contributed by atoms with van der Waals surface area (Å²) in [6, 6.07) is 1.34. The molecule has 0 aromatic carbocycles. The summed E-state index contributed by atoms with van der Waals surface area (Å²) in [6.07, 6.45) is 5.49. The lowest BCUT2D eigenvalue weighted by Gasteiger charge is -2.41. The third-order valence-corrected chi connectivity index (χ3v) is 6.93. The molecule has 2 bridgehead atoms. The molecule has 2 heteroatoms. The number of hydrogen-bond donors (Lipinski definition) is 1. The Bertz CT molecular complexity index is 321. The Morgan fingerprint density at radius 1 is 1.22 bits per heavy atom. The maximum atomic E-state index is 5.53. The second kappa shape index (κ2) is 4.21. The van der Waals surface area contributed by atoms with E-state index >= 15 is 0 Å². The maximum Gasteiger partial charge on any atom is 0.0509 e. The SMILES string of the molecule is CC(NC1CC2CCC1(C)C2(C)C)C1CCOC1. The van der Waals surface area contributed by atoms with Gasteiger partial charge in [-0.25, -0.2) is 0 Å². The van der Waals surface area contributed by atoms with Crippen molar-refractivity contribution in [3.05, 3.63) is 0 Å². The summed E-state index contributed by atoms with van der Waals surface area (Å²) in [5.74, 6) is 1.67. The van der Waals surface area contributed by atoms with Crippen LogP contribution in [0.25, 0.3) is 0 Å². The zero-order valence-corrected chi connectivity index (χ0v) is 12.5. The van der Waals surface area contributed by atoms with Crippen LogP contribution in [0.5, 0.6) is 0 Å². The first kappa shape index (κ1) is 12.9. The highest BCUT2D eigenvalue weighted by atomic mass is 16.5. The molecule has 2 saturated carbocycles. The lowest BCUT2D eigenvalue weighted by atomic mass is 9.69. The molecule has 1 aliphatic heterocycles. The van der Waals surface area contributed by atoms with Crippen LogP contribution in [0, 0.1) is 22.7 Å². The molecule has 3 aliphatic rings. The van der Waals surface area contributed by atoms with Crippen LogP contribution in [-0.4, -0.2) is 25.3 Å². The fraction of sp³-hybridized carbons (Fsp3) is 1.00. The average molecular weight is 251 g/mol. The monoisotopic (exact) mass is 251 g/mol. The van der Waals surface area contributed by atoms with E-state index in [1.54, 1.807) is 0 Å². The molecule has 2 aliphatic carbocycles. The molecule has 2 nitrogen and oxygen atoms in total. The third-order valence-electron chi connectivity index (χ3n) is 6.93. The fourth-order valence-electron chi connectivity index (χ4n) is 4.86. The molecule has 1 N–H and O–H groups in total. The molecular weight excluding hydrogens is 222 g/mol. The van der Waals surface area contributed by atoms with Crippen LogP contribution in [0.2, 0.25) is 0 Å². The van der Waals surface area contributed by atoms with Gasteiger partial charge in [0.25, 0.3) is 0 Å². The minimum atomic E-state index is 0.505. The van der Waals surface area contributed by atoms with Crippen molar-refractivity contribution >= 4 is 0 Å². The predicted octanol–water partition coefficient (Wildman–Crippen LogP) is 3.22. The lowest BCUT2D eigenvalue weighted by molar-refractivity contribution is 0.108. The van der Waals surface area contributed by atoms with E-state index in [0.29, 0.717) is 16.9 Å². The van der Waals surface area contributed by atoms with Crippen molar-refractivity contribution in [3.8, 4) is 0 Å². The van der Waals surface area contributed by atoms with Gasteiger partial charge in [-0.2, -0.15) is 0 Å². The van der Waals surface area contributed by atoms with Gasteiger partial charge in [0.15, 0.2) is 0 Å². The van der Waals surface area contributed by atoms with Gasteiger partial charge in [0.05, 0.1) is 6.61 Å². The summed E-state index contributed by atoms with van der Waals surface area (Å²) in [5, 5.41) is 3.97. The first-order chi connectivity index (χ1) is 8.45. The molecule has 0 aromatic heterocycles. The molecule has 1 saturated heterocycles. The third kappa shape index (κ3) is 1.68. The Morgan fingerprint density at radius 3 is 2.50 bits per heavy atom. The van der Waals surface area contributed by atoms with Crippen LogP contribution < -0.4 is 5.32 Å². The zero-order valence-electron chi connectivity index (χ0n) is 12.5. The highest BCUT2D eigenvalue weighted by molar-refractivity contribution is 5.13. The van der Waals surface area contributed by atoms with Crippen LogP contribution in [0.1, 0.15) is 53.4 Å². The van der Waals surface area contributed by atoms with Crippen LogP contribution in [-0.2, 0) is 4.74 Å². The van der Waals surface area contributed by atoms with Crippen molar-refractivity contribution in [1.82, 2.24) is 5.32 Å². The topological polar surface area (TPSA) is 21.3 Å². The molecular formula is C16H29NO. The Labute approximate surface area is 112 Å². The molecule has 0 aromatic rings. The van der Waals surface area contributed by atoms with Crippen LogP contribution in [0.15, 0.2) is 0 Å². The fourth-order valence-corrected chi connectivity index (χ4v) is 4.86. The van der Waals surface area contributed by atoms with E-state index in [-0.39, 0.29) is 0 Å². The van der Waals surface area contributed by atoms with E-state index < -0.39 is 0 Å². The van der Waals surface area contributed by atoms with Crippen LogP contribution in [0.4, 0.5) is 0 Å². The van der Waals surface area contributed by atoms with Crippen molar-refractivity contribution in [2.75, 3.05) is 13.2 Å². The quantitative estimate of drug-likeness (QED) is 0.831. The van der Waals surface area contributed by atoms with Gasteiger partial charge in [-0.15, -0.1) is 0 Å². The van der Waals surface area contributed by atoms with Crippen LogP contribution >= 0.6 is 0 Å². The molecule has 0 spiro atoms. The van der Waals surface area contributed by atoms with Gasteiger partial charge in [0, 0.05) is 18.7 Å². The van der Waals surface area contributed by atoms with Gasteiger partial charge in [-0.1, -0.05) is 20.8 Å². The van der Waals surface area contributed by atoms with E-state index in [1.165, 1.54) is 25.7 Å². The second-order valence-corrected chi connectivity index (χ2v) is 7.74. The molecule has 3 rings (SSSR count). The normalized spacial score (nSPS) is 47.7. The van der Waals surface area contributed by atoms with Crippen molar-refractivity contribution in [2.24, 2.45) is 22.7 Å². The standard InChI is InChI=1S/C16H29NO/c1-11(12-6-8-18-10-12)17-14-9-13-5-7-16(14,4)15(13,2)3/h11-14,17H,5-10H2,1-4H3.